The maximum atomic E-state index is 8.59. The van der Waals surface area contributed by atoms with Gasteiger partial charge < -0.3 is 9.84 Å². The summed E-state index contributed by atoms with van der Waals surface area (Å²) in [5, 5.41) is 8.59. The molecule has 7 heavy (non-hydrogen) atoms. The first-order chi connectivity index (χ1) is 3.39. The normalized spacial score (nSPS) is 18.0. The van der Waals surface area contributed by atoms with Gasteiger partial charge in [0.15, 0.2) is 0 Å². The van der Waals surface area contributed by atoms with Gasteiger partial charge in [0.25, 0.3) is 0 Å². The van der Waals surface area contributed by atoms with Crippen molar-refractivity contribution >= 4 is 0 Å². The van der Waals surface area contributed by atoms with Crippen molar-refractivity contribution in [2.24, 2.45) is 0 Å². The molecule has 1 rings (SSSR count). The standard InChI is InChI=1S/C5H6O2/c6-5-2-1-3-7-4-5/h1,3-4,6H,2H2. The van der Waals surface area contributed by atoms with Crippen LogP contribution in [-0.4, -0.2) is 5.11 Å². The Bertz CT molecular complexity index is 113. The molecule has 0 unspecified atom stereocenters. The summed E-state index contributed by atoms with van der Waals surface area (Å²) >= 11 is 0. The van der Waals surface area contributed by atoms with Crippen LogP contribution in [-0.2, 0) is 4.74 Å². The van der Waals surface area contributed by atoms with Crippen LogP contribution in [0.5, 0.6) is 0 Å². The highest BCUT2D eigenvalue weighted by Gasteiger charge is 1.91. The fraction of sp³-hybridized carbons (Fsp3) is 0.200. The molecule has 0 aromatic rings. The smallest absolute Gasteiger partial charge is 0.131 e. The van der Waals surface area contributed by atoms with Crippen molar-refractivity contribution in [2.45, 2.75) is 6.42 Å². The largest absolute Gasteiger partial charge is 0.509 e. The lowest BCUT2D eigenvalue weighted by atomic mass is 10.3. The molecule has 0 aromatic carbocycles. The van der Waals surface area contributed by atoms with Crippen molar-refractivity contribution in [3.05, 3.63) is 24.4 Å². The van der Waals surface area contributed by atoms with Crippen molar-refractivity contribution in [3.8, 4) is 0 Å². The molecule has 0 saturated carbocycles. The topological polar surface area (TPSA) is 29.5 Å². The van der Waals surface area contributed by atoms with Gasteiger partial charge in [-0.05, 0) is 6.08 Å². The van der Waals surface area contributed by atoms with Crippen LogP contribution in [0.1, 0.15) is 6.42 Å². The molecule has 2 nitrogen and oxygen atoms in total. The Morgan fingerprint density at radius 1 is 1.71 bits per heavy atom. The molecular weight excluding hydrogens is 92.1 g/mol. The van der Waals surface area contributed by atoms with Crippen LogP contribution >= 0.6 is 0 Å². The molecule has 0 fully saturated rings. The quantitative estimate of drug-likeness (QED) is 0.495. The lowest BCUT2D eigenvalue weighted by Crippen LogP contribution is -1.83. The summed E-state index contributed by atoms with van der Waals surface area (Å²) in [6.07, 6.45) is 5.20. The third-order valence-corrected chi connectivity index (χ3v) is 0.706. The van der Waals surface area contributed by atoms with Gasteiger partial charge in [0.05, 0.1) is 6.26 Å². The Hall–Kier alpha value is -0.920. The zero-order valence-electron chi connectivity index (χ0n) is 3.79. The zero-order chi connectivity index (χ0) is 5.11. The number of aliphatic hydroxyl groups excluding tert-OH is 1. The van der Waals surface area contributed by atoms with Crippen molar-refractivity contribution in [1.29, 1.82) is 0 Å². The molecule has 0 aliphatic carbocycles. The first kappa shape index (κ1) is 4.24. The highest BCUT2D eigenvalue weighted by molar-refractivity contribution is 4.98. The second-order valence-electron chi connectivity index (χ2n) is 1.32. The Balaban J connectivity index is 2.50. The number of ether oxygens (including phenoxy) is 1. The Morgan fingerprint density at radius 3 is 2.86 bits per heavy atom. The van der Waals surface area contributed by atoms with E-state index in [4.69, 9.17) is 5.11 Å². The van der Waals surface area contributed by atoms with Crippen molar-refractivity contribution in [1.82, 2.24) is 0 Å². The fourth-order valence-corrected chi connectivity index (χ4v) is 0.390. The van der Waals surface area contributed by atoms with Crippen LogP contribution in [0, 0.1) is 0 Å². The van der Waals surface area contributed by atoms with Gasteiger partial charge in [0, 0.05) is 6.42 Å². The molecule has 1 heterocycles. The van der Waals surface area contributed by atoms with Crippen LogP contribution in [0.15, 0.2) is 24.4 Å². The maximum absolute atomic E-state index is 8.59. The Morgan fingerprint density at radius 2 is 2.57 bits per heavy atom. The number of hydrogen-bond acceptors (Lipinski definition) is 2. The van der Waals surface area contributed by atoms with E-state index in [1.54, 1.807) is 12.3 Å². The molecule has 2 heteroatoms. The molecule has 38 valence electrons. The number of aliphatic hydroxyl groups is 1. The molecule has 1 aliphatic heterocycles. The molecule has 1 N–H and O–H groups in total. The molecule has 0 bridgehead atoms. The lowest BCUT2D eigenvalue weighted by Gasteiger charge is -1.98. The molecular formula is C5H6O2. The van der Waals surface area contributed by atoms with Gasteiger partial charge in [-0.1, -0.05) is 0 Å². The summed E-state index contributed by atoms with van der Waals surface area (Å²) in [5.74, 6) is 0.280. The molecule has 1 aliphatic rings. The summed E-state index contributed by atoms with van der Waals surface area (Å²) in [6, 6.07) is 0. The second-order valence-corrected chi connectivity index (χ2v) is 1.32. The van der Waals surface area contributed by atoms with E-state index in [0.717, 1.165) is 0 Å². The van der Waals surface area contributed by atoms with Crippen molar-refractivity contribution < 1.29 is 9.84 Å². The monoisotopic (exact) mass is 98.0 g/mol. The number of hydrogen-bond donors (Lipinski definition) is 1. The predicted molar refractivity (Wildman–Crippen MR) is 25.6 cm³/mol. The van der Waals surface area contributed by atoms with Crippen LogP contribution in [0.25, 0.3) is 0 Å². The van der Waals surface area contributed by atoms with Gasteiger partial charge in [0.1, 0.15) is 12.0 Å². The third-order valence-electron chi connectivity index (χ3n) is 0.706. The van der Waals surface area contributed by atoms with Gasteiger partial charge in [-0.15, -0.1) is 0 Å². The molecule has 0 saturated heterocycles. The summed E-state index contributed by atoms with van der Waals surface area (Å²) in [5.41, 5.74) is 0. The van der Waals surface area contributed by atoms with E-state index < -0.39 is 0 Å². The molecule has 0 aromatic heterocycles. The van der Waals surface area contributed by atoms with E-state index in [9.17, 15) is 0 Å². The summed E-state index contributed by atoms with van der Waals surface area (Å²) in [7, 11) is 0. The SMILES string of the molecule is OC1=COC=CC1. The molecule has 0 amide bonds. The maximum Gasteiger partial charge on any atom is 0.131 e. The zero-order valence-corrected chi connectivity index (χ0v) is 3.79. The van der Waals surface area contributed by atoms with Gasteiger partial charge in [-0.25, -0.2) is 0 Å². The number of allylic oxidation sites excluding steroid dienone is 1. The van der Waals surface area contributed by atoms with Crippen molar-refractivity contribution in [3.63, 3.8) is 0 Å². The van der Waals surface area contributed by atoms with Crippen LogP contribution < -0.4 is 0 Å². The average molecular weight is 98.1 g/mol. The highest BCUT2D eigenvalue weighted by Crippen LogP contribution is 2.02. The second kappa shape index (κ2) is 1.69. The van der Waals surface area contributed by atoms with E-state index in [0.29, 0.717) is 6.42 Å². The Kier molecular flexibility index (Phi) is 1.02. The Labute approximate surface area is 41.7 Å². The van der Waals surface area contributed by atoms with Crippen LogP contribution in [0.2, 0.25) is 0 Å². The molecule has 0 spiro atoms. The van der Waals surface area contributed by atoms with E-state index >= 15 is 0 Å². The van der Waals surface area contributed by atoms with E-state index in [1.165, 1.54) is 6.26 Å². The minimum Gasteiger partial charge on any atom is -0.509 e. The van der Waals surface area contributed by atoms with Gasteiger partial charge >= 0.3 is 0 Å². The van der Waals surface area contributed by atoms with E-state index in [1.807, 2.05) is 0 Å². The molecule has 0 radical (unpaired) electrons. The highest BCUT2D eigenvalue weighted by atomic mass is 16.5. The summed E-state index contributed by atoms with van der Waals surface area (Å²) in [4.78, 5) is 0. The fourth-order valence-electron chi connectivity index (χ4n) is 0.390. The van der Waals surface area contributed by atoms with Crippen molar-refractivity contribution in [2.75, 3.05) is 0 Å². The molecule has 0 atom stereocenters. The predicted octanol–water partition coefficient (Wildman–Crippen LogP) is 1.32. The van der Waals surface area contributed by atoms with Crippen LogP contribution in [0.4, 0.5) is 0 Å². The minimum atomic E-state index is 0.280. The summed E-state index contributed by atoms with van der Waals surface area (Å²) < 4.78 is 4.59. The van der Waals surface area contributed by atoms with E-state index in [-0.39, 0.29) is 5.76 Å². The minimum absolute atomic E-state index is 0.280. The van der Waals surface area contributed by atoms with E-state index in [2.05, 4.69) is 4.74 Å². The van der Waals surface area contributed by atoms with Gasteiger partial charge in [-0.3, -0.25) is 0 Å². The first-order valence-corrected chi connectivity index (χ1v) is 2.08. The third kappa shape index (κ3) is 0.961. The first-order valence-electron chi connectivity index (χ1n) is 2.08. The van der Waals surface area contributed by atoms with Gasteiger partial charge in [0.2, 0.25) is 0 Å². The summed E-state index contributed by atoms with van der Waals surface area (Å²) in [6.45, 7) is 0. The van der Waals surface area contributed by atoms with Crippen LogP contribution in [0.3, 0.4) is 0 Å². The average Bonchev–Trinajstić information content (AvgIpc) is 1.69. The lowest BCUT2D eigenvalue weighted by molar-refractivity contribution is 0.315. The van der Waals surface area contributed by atoms with Gasteiger partial charge in [-0.2, -0.15) is 0 Å². The number of rotatable bonds is 0.